The Balaban J connectivity index is 3.37. The van der Waals surface area contributed by atoms with Crippen molar-refractivity contribution in [2.24, 2.45) is 10.2 Å². The Bertz CT molecular complexity index is 84.9. The van der Waals surface area contributed by atoms with Crippen LogP contribution >= 0.6 is 0 Å². The highest BCUT2D eigenvalue weighted by Gasteiger charge is 1.78. The van der Waals surface area contributed by atoms with E-state index < -0.39 is 0 Å². The lowest BCUT2D eigenvalue weighted by atomic mass is 11.0. The molecule has 0 rings (SSSR count). The monoisotopic (exact) mass is 100 g/mol. The molecule has 0 atom stereocenters. The van der Waals surface area contributed by atoms with Crippen molar-refractivity contribution in [2.75, 3.05) is 14.1 Å². The van der Waals surface area contributed by atoms with E-state index in [-0.39, 0.29) is 5.96 Å². The summed E-state index contributed by atoms with van der Waals surface area (Å²) in [6, 6.07) is 0. The van der Waals surface area contributed by atoms with Crippen molar-refractivity contribution >= 4 is 5.96 Å². The zero-order valence-corrected chi connectivity index (χ0v) is 4.39. The van der Waals surface area contributed by atoms with Crippen LogP contribution in [-0.4, -0.2) is 20.1 Å². The van der Waals surface area contributed by atoms with E-state index in [2.05, 4.69) is 15.5 Å². The summed E-state index contributed by atoms with van der Waals surface area (Å²) in [7, 11) is 3.14. The molecule has 0 aliphatic rings. The summed E-state index contributed by atoms with van der Waals surface area (Å²) in [5, 5.41) is 15.9. The van der Waals surface area contributed by atoms with Crippen molar-refractivity contribution < 1.29 is 0 Å². The van der Waals surface area contributed by atoms with Gasteiger partial charge in [-0.1, -0.05) is 0 Å². The van der Waals surface area contributed by atoms with Gasteiger partial charge in [-0.2, -0.15) is 5.11 Å². The highest BCUT2D eigenvalue weighted by molar-refractivity contribution is 5.76. The second-order valence-corrected chi connectivity index (χ2v) is 0.899. The van der Waals surface area contributed by atoms with Crippen molar-refractivity contribution in [3.63, 3.8) is 0 Å². The molecule has 0 aliphatic carbocycles. The number of hydrogen-bond donors (Lipinski definition) is 2. The normalized spacial score (nSPS) is 9.43. The van der Waals surface area contributed by atoms with Gasteiger partial charge in [0.15, 0.2) is 0 Å². The summed E-state index contributed by atoms with van der Waals surface area (Å²) in [5.74, 6) is 0.0856. The van der Waals surface area contributed by atoms with Crippen LogP contribution in [-0.2, 0) is 0 Å². The van der Waals surface area contributed by atoms with Crippen molar-refractivity contribution in [1.82, 2.24) is 5.32 Å². The van der Waals surface area contributed by atoms with E-state index in [1.165, 1.54) is 7.05 Å². The Hall–Kier alpha value is -0.930. The van der Waals surface area contributed by atoms with Gasteiger partial charge in [-0.05, 0) is 0 Å². The van der Waals surface area contributed by atoms with Crippen LogP contribution < -0.4 is 5.32 Å². The maximum atomic E-state index is 6.77. The largest absolute Gasteiger partial charge is 0.356 e. The van der Waals surface area contributed by atoms with Gasteiger partial charge >= 0.3 is 0 Å². The van der Waals surface area contributed by atoms with Gasteiger partial charge in [0.1, 0.15) is 0 Å². The third-order valence-electron chi connectivity index (χ3n) is 0.437. The summed E-state index contributed by atoms with van der Waals surface area (Å²) in [6.45, 7) is 0. The summed E-state index contributed by atoms with van der Waals surface area (Å²) in [4.78, 5) is 0. The predicted molar refractivity (Wildman–Crippen MR) is 27.6 cm³/mol. The third-order valence-corrected chi connectivity index (χ3v) is 0.437. The van der Waals surface area contributed by atoms with E-state index in [9.17, 15) is 0 Å². The Morgan fingerprint density at radius 3 is 2.43 bits per heavy atom. The topological polar surface area (TPSA) is 60.6 Å². The zero-order chi connectivity index (χ0) is 5.70. The molecule has 0 aliphatic heterocycles. The highest BCUT2D eigenvalue weighted by atomic mass is 15.2. The molecule has 4 nitrogen and oxygen atoms in total. The van der Waals surface area contributed by atoms with Crippen LogP contribution in [0.3, 0.4) is 0 Å². The van der Waals surface area contributed by atoms with Crippen molar-refractivity contribution in [3.8, 4) is 0 Å². The fourth-order valence-corrected chi connectivity index (χ4v) is 0.150. The number of nitrogens with zero attached hydrogens (tertiary/aromatic N) is 2. The maximum absolute atomic E-state index is 6.77. The van der Waals surface area contributed by atoms with E-state index in [0.29, 0.717) is 0 Å². The molecule has 0 aromatic rings. The maximum Gasteiger partial charge on any atom is 0.234 e. The van der Waals surface area contributed by atoms with Crippen LogP contribution in [0.15, 0.2) is 10.2 Å². The van der Waals surface area contributed by atoms with Crippen LogP contribution in [0.2, 0.25) is 0 Å². The molecule has 40 valence electrons. The van der Waals surface area contributed by atoms with E-state index in [4.69, 9.17) is 5.41 Å². The predicted octanol–water partition coefficient (Wildman–Crippen LogP) is 0.223. The SMILES string of the molecule is CN=NC(=N)NC. The molecule has 0 fully saturated rings. The smallest absolute Gasteiger partial charge is 0.234 e. The quantitative estimate of drug-likeness (QED) is 0.255. The van der Waals surface area contributed by atoms with Crippen molar-refractivity contribution in [3.05, 3.63) is 0 Å². The summed E-state index contributed by atoms with van der Waals surface area (Å²) < 4.78 is 0. The molecule has 0 aromatic heterocycles. The number of guanidine groups is 1. The first-order valence-corrected chi connectivity index (χ1v) is 1.87. The second kappa shape index (κ2) is 3.27. The lowest BCUT2D eigenvalue weighted by Gasteiger charge is -1.86. The average molecular weight is 100 g/mol. The molecule has 0 amide bonds. The Labute approximate surface area is 42.2 Å². The molecule has 0 bridgehead atoms. The van der Waals surface area contributed by atoms with Gasteiger partial charge in [0.2, 0.25) is 5.96 Å². The Kier molecular flexibility index (Phi) is 2.83. The standard InChI is InChI=1S/C3H8N4/c1-5-3(4)7-6-2/h1-2H3,(H2,4,5). The van der Waals surface area contributed by atoms with Crippen LogP contribution in [0.1, 0.15) is 0 Å². The number of hydrogen-bond acceptors (Lipinski definition) is 2. The van der Waals surface area contributed by atoms with Crippen LogP contribution in [0, 0.1) is 5.41 Å². The van der Waals surface area contributed by atoms with Crippen molar-refractivity contribution in [1.29, 1.82) is 5.41 Å². The first-order chi connectivity index (χ1) is 3.31. The molecule has 0 heterocycles. The minimum atomic E-state index is 0.0856. The van der Waals surface area contributed by atoms with Gasteiger partial charge in [0, 0.05) is 14.1 Å². The zero-order valence-electron chi connectivity index (χ0n) is 4.39. The van der Waals surface area contributed by atoms with Gasteiger partial charge in [-0.3, -0.25) is 5.41 Å². The molecule has 0 aromatic carbocycles. The lowest BCUT2D eigenvalue weighted by Crippen LogP contribution is -2.12. The van der Waals surface area contributed by atoms with Crippen LogP contribution in [0.5, 0.6) is 0 Å². The van der Waals surface area contributed by atoms with Crippen molar-refractivity contribution in [2.45, 2.75) is 0 Å². The molecule has 0 saturated carbocycles. The molecule has 2 N–H and O–H groups in total. The van der Waals surface area contributed by atoms with Gasteiger partial charge in [0.25, 0.3) is 0 Å². The van der Waals surface area contributed by atoms with E-state index in [0.717, 1.165) is 0 Å². The fraction of sp³-hybridized carbons (Fsp3) is 0.667. The Morgan fingerprint density at radius 2 is 2.29 bits per heavy atom. The first kappa shape index (κ1) is 6.07. The second-order valence-electron chi connectivity index (χ2n) is 0.899. The summed E-state index contributed by atoms with van der Waals surface area (Å²) in [6.07, 6.45) is 0. The van der Waals surface area contributed by atoms with Gasteiger partial charge in [-0.15, -0.1) is 5.11 Å². The number of nitrogens with one attached hydrogen (secondary N) is 2. The van der Waals surface area contributed by atoms with E-state index in [1.807, 2.05) is 0 Å². The van der Waals surface area contributed by atoms with E-state index >= 15 is 0 Å². The summed E-state index contributed by atoms with van der Waals surface area (Å²) >= 11 is 0. The molecule has 7 heavy (non-hydrogen) atoms. The molecular weight excluding hydrogens is 92.1 g/mol. The van der Waals surface area contributed by atoms with Gasteiger partial charge < -0.3 is 5.32 Å². The number of azo groups is 1. The van der Waals surface area contributed by atoms with E-state index in [1.54, 1.807) is 7.05 Å². The minimum absolute atomic E-state index is 0.0856. The molecule has 0 saturated heterocycles. The molecule has 4 heteroatoms. The minimum Gasteiger partial charge on any atom is -0.356 e. The summed E-state index contributed by atoms with van der Waals surface area (Å²) in [5.41, 5.74) is 0. The van der Waals surface area contributed by atoms with Gasteiger partial charge in [-0.25, -0.2) is 0 Å². The third kappa shape index (κ3) is 2.88. The molecular formula is C3H8N4. The Morgan fingerprint density at radius 1 is 1.71 bits per heavy atom. The highest BCUT2D eigenvalue weighted by Crippen LogP contribution is 1.66. The van der Waals surface area contributed by atoms with Crippen LogP contribution in [0.4, 0.5) is 0 Å². The molecule has 0 unspecified atom stereocenters. The van der Waals surface area contributed by atoms with Gasteiger partial charge in [0.05, 0.1) is 0 Å². The fourth-order valence-electron chi connectivity index (χ4n) is 0.150. The molecule has 0 spiro atoms. The average Bonchev–Trinajstić information content (AvgIpc) is 1.68. The number of rotatable bonds is 0. The lowest BCUT2D eigenvalue weighted by molar-refractivity contribution is 1.05. The molecule has 0 radical (unpaired) electrons. The van der Waals surface area contributed by atoms with Crippen LogP contribution in [0.25, 0.3) is 0 Å². The first-order valence-electron chi connectivity index (χ1n) is 1.87.